The van der Waals surface area contributed by atoms with Crippen LogP contribution in [0.25, 0.3) is 0 Å². The Morgan fingerprint density at radius 3 is 0.344 bits per heavy atom. The van der Waals surface area contributed by atoms with Gasteiger partial charge in [0.1, 0.15) is 0 Å². The van der Waals surface area contributed by atoms with Crippen LogP contribution in [-0.2, 0) is 0 Å². The van der Waals surface area contributed by atoms with E-state index in [2.05, 4.69) is 31.9 Å². The van der Waals surface area contributed by atoms with Crippen molar-refractivity contribution in [1.29, 1.82) is 0 Å². The Kier molecular flexibility index (Phi) is 32.9. The highest BCUT2D eigenvalue weighted by Crippen LogP contribution is 2.16. The van der Waals surface area contributed by atoms with E-state index in [1.165, 1.54) is 190 Å². The van der Waals surface area contributed by atoms with Gasteiger partial charge in [0, 0.05) is 10.7 Å². The summed E-state index contributed by atoms with van der Waals surface area (Å²) in [4.78, 5) is 0. The quantitative estimate of drug-likeness (QED) is 0.0610. The van der Waals surface area contributed by atoms with Gasteiger partial charge in [-0.15, -0.1) is 0 Å². The van der Waals surface area contributed by atoms with Crippen LogP contribution >= 0.6 is 31.9 Å². The maximum Gasteiger partial charge on any atom is 0.00313 e. The maximum atomic E-state index is 3.52. The third-order valence-electron chi connectivity index (χ3n) is 7.02. The van der Waals surface area contributed by atoms with Crippen LogP contribution in [0.5, 0.6) is 0 Å². The molecule has 0 aliphatic heterocycles. The second-order valence-corrected chi connectivity index (χ2v) is 11.9. The summed E-state index contributed by atoms with van der Waals surface area (Å²) in [6.45, 7) is 0. The second-order valence-electron chi connectivity index (χ2n) is 10.3. The number of alkyl halides is 2. The Balaban J connectivity index is 2.98. The molecule has 194 valence electrons. The molecule has 0 fully saturated rings. The molecule has 2 heteroatoms. The average Bonchev–Trinajstić information content (AvgIpc) is 2.81. The van der Waals surface area contributed by atoms with E-state index >= 15 is 0 Å². The Morgan fingerprint density at radius 1 is 0.156 bits per heavy atom. The molecule has 0 rings (SSSR count). The smallest absolute Gasteiger partial charge is 0.00313 e. The maximum absolute atomic E-state index is 3.52. The molecule has 0 aliphatic rings. The van der Waals surface area contributed by atoms with E-state index in [-0.39, 0.29) is 0 Å². The van der Waals surface area contributed by atoms with Gasteiger partial charge in [-0.05, 0) is 12.8 Å². The molecule has 0 aromatic heterocycles. The first kappa shape index (κ1) is 33.0. The summed E-state index contributed by atoms with van der Waals surface area (Å²) >= 11 is 7.03. The van der Waals surface area contributed by atoms with Gasteiger partial charge in [-0.1, -0.05) is 199 Å². The van der Waals surface area contributed by atoms with Crippen molar-refractivity contribution in [1.82, 2.24) is 0 Å². The normalized spacial score (nSPS) is 11.4. The highest BCUT2D eigenvalue weighted by atomic mass is 79.9. The van der Waals surface area contributed by atoms with E-state index in [0.29, 0.717) is 0 Å². The van der Waals surface area contributed by atoms with Gasteiger partial charge >= 0.3 is 0 Å². The van der Waals surface area contributed by atoms with Crippen molar-refractivity contribution >= 4 is 31.9 Å². The number of hydrogen-bond donors (Lipinski definition) is 0. The van der Waals surface area contributed by atoms with Crippen LogP contribution in [0.4, 0.5) is 0 Å². The number of hydrogen-bond acceptors (Lipinski definition) is 0. The molecule has 0 aromatic rings. The fraction of sp³-hybridized carbons (Fsp3) is 1.00. The molecule has 0 spiro atoms. The molecule has 0 heterocycles. The topological polar surface area (TPSA) is 0 Å². The standard InChI is InChI=1S/C30H60Br2/c31-29-27-25-23-21-19-17-15-13-11-9-7-5-3-1-2-4-6-8-10-12-14-16-18-20-22-24-26-28-30-32/h1-30H2. The zero-order valence-corrected chi connectivity index (χ0v) is 25.1. The molecule has 0 nitrogen and oxygen atoms in total. The number of rotatable bonds is 29. The van der Waals surface area contributed by atoms with Gasteiger partial charge in [0.15, 0.2) is 0 Å². The summed E-state index contributed by atoms with van der Waals surface area (Å²) in [5, 5.41) is 2.37. The lowest BCUT2D eigenvalue weighted by Gasteiger charge is -2.04. The molecular formula is C30H60Br2. The summed E-state index contributed by atoms with van der Waals surface area (Å²) in [5.41, 5.74) is 0. The van der Waals surface area contributed by atoms with Crippen molar-refractivity contribution in [3.8, 4) is 0 Å². The van der Waals surface area contributed by atoms with Crippen molar-refractivity contribution in [2.24, 2.45) is 0 Å². The minimum atomic E-state index is 1.19. The summed E-state index contributed by atoms with van der Waals surface area (Å²) in [6.07, 6.45) is 41.1. The van der Waals surface area contributed by atoms with Crippen LogP contribution < -0.4 is 0 Å². The molecule has 0 aliphatic carbocycles. The highest BCUT2D eigenvalue weighted by molar-refractivity contribution is 9.09. The Labute approximate surface area is 221 Å². The summed E-state index contributed by atoms with van der Waals surface area (Å²) in [5.74, 6) is 0. The van der Waals surface area contributed by atoms with Gasteiger partial charge in [-0.3, -0.25) is 0 Å². The summed E-state index contributed by atoms with van der Waals surface area (Å²) in [6, 6.07) is 0. The fourth-order valence-electron chi connectivity index (χ4n) is 4.79. The van der Waals surface area contributed by atoms with Gasteiger partial charge < -0.3 is 0 Å². The first-order chi connectivity index (χ1) is 15.9. The van der Waals surface area contributed by atoms with E-state index in [0.717, 1.165) is 0 Å². The van der Waals surface area contributed by atoms with Crippen LogP contribution in [0.15, 0.2) is 0 Å². The van der Waals surface area contributed by atoms with E-state index in [1.807, 2.05) is 0 Å². The molecule has 0 atom stereocenters. The Hall–Kier alpha value is 0.960. The van der Waals surface area contributed by atoms with Crippen LogP contribution in [0, 0.1) is 0 Å². The SMILES string of the molecule is BrCCCCCCCCCCCCCCCCCCCCCCCCCCCCCCBr. The lowest BCUT2D eigenvalue weighted by Crippen LogP contribution is -1.85. The van der Waals surface area contributed by atoms with Crippen molar-refractivity contribution in [3.05, 3.63) is 0 Å². The van der Waals surface area contributed by atoms with Crippen LogP contribution in [0.3, 0.4) is 0 Å². The van der Waals surface area contributed by atoms with Crippen LogP contribution in [0.1, 0.15) is 180 Å². The van der Waals surface area contributed by atoms with Gasteiger partial charge in [0.05, 0.1) is 0 Å². The molecule has 0 saturated heterocycles. The Bertz CT molecular complexity index is 275. The zero-order valence-electron chi connectivity index (χ0n) is 22.0. The second kappa shape index (κ2) is 32.0. The average molecular weight is 581 g/mol. The molecule has 0 amide bonds. The first-order valence-corrected chi connectivity index (χ1v) is 17.3. The molecule has 0 N–H and O–H groups in total. The van der Waals surface area contributed by atoms with Crippen molar-refractivity contribution in [2.75, 3.05) is 10.7 Å². The number of unbranched alkanes of at least 4 members (excludes halogenated alkanes) is 27. The van der Waals surface area contributed by atoms with E-state index in [4.69, 9.17) is 0 Å². The molecule has 0 bridgehead atoms. The minimum absolute atomic E-state index is 1.19. The van der Waals surface area contributed by atoms with Crippen molar-refractivity contribution in [2.45, 2.75) is 180 Å². The monoisotopic (exact) mass is 578 g/mol. The first-order valence-electron chi connectivity index (χ1n) is 15.0. The van der Waals surface area contributed by atoms with Crippen molar-refractivity contribution < 1.29 is 0 Å². The largest absolute Gasteiger partial charge is 0.0928 e. The molecule has 0 unspecified atom stereocenters. The van der Waals surface area contributed by atoms with Crippen molar-refractivity contribution in [3.63, 3.8) is 0 Å². The summed E-state index contributed by atoms with van der Waals surface area (Å²) < 4.78 is 0. The lowest BCUT2D eigenvalue weighted by molar-refractivity contribution is 0.514. The summed E-state index contributed by atoms with van der Waals surface area (Å²) in [7, 11) is 0. The number of halogens is 2. The predicted octanol–water partition coefficient (Wildman–Crippen LogP) is 12.7. The molecule has 0 radical (unpaired) electrons. The van der Waals surface area contributed by atoms with Gasteiger partial charge in [-0.25, -0.2) is 0 Å². The van der Waals surface area contributed by atoms with Gasteiger partial charge in [0.25, 0.3) is 0 Å². The Morgan fingerprint density at radius 2 is 0.250 bits per heavy atom. The third-order valence-corrected chi connectivity index (χ3v) is 8.14. The minimum Gasteiger partial charge on any atom is -0.0928 e. The van der Waals surface area contributed by atoms with Gasteiger partial charge in [-0.2, -0.15) is 0 Å². The van der Waals surface area contributed by atoms with Gasteiger partial charge in [0.2, 0.25) is 0 Å². The molecule has 0 aromatic carbocycles. The van der Waals surface area contributed by atoms with Crippen LogP contribution in [-0.4, -0.2) is 10.7 Å². The lowest BCUT2D eigenvalue weighted by atomic mass is 10.0. The predicted molar refractivity (Wildman–Crippen MR) is 157 cm³/mol. The molecular weight excluding hydrogens is 520 g/mol. The fourth-order valence-corrected chi connectivity index (χ4v) is 5.58. The molecule has 0 saturated carbocycles. The third kappa shape index (κ3) is 31.0. The van der Waals surface area contributed by atoms with E-state index in [1.54, 1.807) is 0 Å². The highest BCUT2D eigenvalue weighted by Gasteiger charge is 1.96. The molecule has 32 heavy (non-hydrogen) atoms. The van der Waals surface area contributed by atoms with E-state index < -0.39 is 0 Å². The van der Waals surface area contributed by atoms with E-state index in [9.17, 15) is 0 Å². The van der Waals surface area contributed by atoms with Crippen LogP contribution in [0.2, 0.25) is 0 Å². The zero-order chi connectivity index (χ0) is 23.2.